The second-order valence-corrected chi connectivity index (χ2v) is 4.99. The Morgan fingerprint density at radius 1 is 1.05 bits per heavy atom. The lowest BCUT2D eigenvalue weighted by Gasteiger charge is -2.09. The molecule has 1 atom stereocenters. The van der Waals surface area contributed by atoms with Crippen molar-refractivity contribution in [3.8, 4) is 11.8 Å². The van der Waals surface area contributed by atoms with Crippen molar-refractivity contribution in [1.82, 2.24) is 0 Å². The van der Waals surface area contributed by atoms with Gasteiger partial charge in [-0.1, -0.05) is 36.1 Å². The first-order chi connectivity index (χ1) is 10.7. The van der Waals surface area contributed by atoms with Crippen LogP contribution >= 0.6 is 0 Å². The Kier molecular flexibility index (Phi) is 5.91. The molecule has 3 nitrogen and oxygen atoms in total. The van der Waals surface area contributed by atoms with Crippen molar-refractivity contribution in [2.24, 2.45) is 0 Å². The zero-order chi connectivity index (χ0) is 15.8. The Morgan fingerprint density at radius 3 is 2.09 bits per heavy atom. The summed E-state index contributed by atoms with van der Waals surface area (Å²) in [7, 11) is 0. The van der Waals surface area contributed by atoms with Gasteiger partial charge in [0.15, 0.2) is 0 Å². The predicted octanol–water partition coefficient (Wildman–Crippen LogP) is 2.80. The van der Waals surface area contributed by atoms with Crippen molar-refractivity contribution in [2.75, 3.05) is 6.61 Å². The minimum absolute atomic E-state index is 0.0203. The van der Waals surface area contributed by atoms with Crippen LogP contribution in [0.1, 0.15) is 34.0 Å². The highest BCUT2D eigenvalue weighted by atomic mass is 16.5. The molecule has 0 bridgehead atoms. The molecule has 2 aromatic rings. The molecule has 0 aromatic heterocycles. The maximum absolute atomic E-state index is 10.6. The van der Waals surface area contributed by atoms with Crippen LogP contribution in [-0.4, -0.2) is 24.1 Å². The molecule has 2 aromatic carbocycles. The number of carbonyl (C=O) groups excluding carboxylic acids is 1. The minimum Gasteiger partial charge on any atom is -0.394 e. The monoisotopic (exact) mass is 294 g/mol. The van der Waals surface area contributed by atoms with Gasteiger partial charge in [0, 0.05) is 16.7 Å². The number of aldehydes is 1. The fraction of sp³-hybridized carbons (Fsp3) is 0.211. The number of carbonyl (C=O) groups is 1. The molecule has 0 heterocycles. The fourth-order valence-electron chi connectivity index (χ4n) is 1.76. The number of hydrogen-bond donors (Lipinski definition) is 1. The van der Waals surface area contributed by atoms with Crippen LogP contribution in [0.25, 0.3) is 0 Å². The number of rotatable bonds is 5. The molecule has 0 unspecified atom stereocenters. The third-order valence-electron chi connectivity index (χ3n) is 3.14. The van der Waals surface area contributed by atoms with Crippen molar-refractivity contribution >= 4 is 6.29 Å². The van der Waals surface area contributed by atoms with E-state index >= 15 is 0 Å². The van der Waals surface area contributed by atoms with Crippen LogP contribution < -0.4 is 0 Å². The van der Waals surface area contributed by atoms with Gasteiger partial charge in [-0.2, -0.15) is 0 Å². The van der Waals surface area contributed by atoms with Gasteiger partial charge in [0.2, 0.25) is 0 Å². The van der Waals surface area contributed by atoms with Gasteiger partial charge in [0.25, 0.3) is 0 Å². The molecule has 0 aliphatic rings. The number of ether oxygens (including phenoxy) is 1. The normalized spacial score (nSPS) is 11.4. The summed E-state index contributed by atoms with van der Waals surface area (Å²) >= 11 is 0. The van der Waals surface area contributed by atoms with E-state index in [1.807, 2.05) is 43.3 Å². The van der Waals surface area contributed by atoms with Gasteiger partial charge >= 0.3 is 0 Å². The minimum atomic E-state index is -0.159. The summed E-state index contributed by atoms with van der Waals surface area (Å²) in [4.78, 5) is 10.6. The quantitative estimate of drug-likeness (QED) is 0.681. The Morgan fingerprint density at radius 2 is 1.59 bits per heavy atom. The summed E-state index contributed by atoms with van der Waals surface area (Å²) in [5.74, 6) is 6.14. The largest absolute Gasteiger partial charge is 0.394 e. The van der Waals surface area contributed by atoms with Gasteiger partial charge in [-0.25, -0.2) is 0 Å². The Balaban J connectivity index is 1.99. The second kappa shape index (κ2) is 8.14. The van der Waals surface area contributed by atoms with Crippen LogP contribution in [0.3, 0.4) is 0 Å². The summed E-state index contributed by atoms with van der Waals surface area (Å²) in [5.41, 5.74) is 3.47. The van der Waals surface area contributed by atoms with Crippen molar-refractivity contribution < 1.29 is 14.6 Å². The lowest BCUT2D eigenvalue weighted by atomic mass is 10.1. The molecule has 0 amide bonds. The lowest BCUT2D eigenvalue weighted by Crippen LogP contribution is -2.12. The van der Waals surface area contributed by atoms with Crippen LogP contribution in [0.15, 0.2) is 48.5 Å². The van der Waals surface area contributed by atoms with Crippen LogP contribution in [0.4, 0.5) is 0 Å². The van der Waals surface area contributed by atoms with Crippen molar-refractivity contribution in [1.29, 1.82) is 0 Å². The molecule has 112 valence electrons. The molecule has 2 rings (SSSR count). The van der Waals surface area contributed by atoms with E-state index in [0.29, 0.717) is 12.2 Å². The predicted molar refractivity (Wildman–Crippen MR) is 85.6 cm³/mol. The standard InChI is InChI=1S/C19H18O3/c1-15(12-20)22-14-19-10-6-17(7-11-19)3-2-16-4-8-18(13-21)9-5-16/h4-11,13,15,20H,12,14H2,1H3/t15-/m0/s1. The van der Waals surface area contributed by atoms with Crippen molar-refractivity contribution in [2.45, 2.75) is 19.6 Å². The van der Waals surface area contributed by atoms with E-state index in [0.717, 1.165) is 23.0 Å². The average Bonchev–Trinajstić information content (AvgIpc) is 2.59. The van der Waals surface area contributed by atoms with Crippen LogP contribution in [0.5, 0.6) is 0 Å². The topological polar surface area (TPSA) is 46.5 Å². The first-order valence-electron chi connectivity index (χ1n) is 7.10. The van der Waals surface area contributed by atoms with Crippen molar-refractivity contribution in [3.05, 3.63) is 70.8 Å². The maximum atomic E-state index is 10.6. The first kappa shape index (κ1) is 16.0. The SMILES string of the molecule is C[C@@H](CO)OCc1ccc(C#Cc2ccc(C=O)cc2)cc1. The molecule has 0 spiro atoms. The zero-order valence-corrected chi connectivity index (χ0v) is 12.5. The van der Waals surface area contributed by atoms with E-state index in [4.69, 9.17) is 9.84 Å². The maximum Gasteiger partial charge on any atom is 0.150 e. The van der Waals surface area contributed by atoms with Gasteiger partial charge in [0.05, 0.1) is 19.3 Å². The van der Waals surface area contributed by atoms with Crippen LogP contribution in [0.2, 0.25) is 0 Å². The van der Waals surface area contributed by atoms with Gasteiger partial charge < -0.3 is 9.84 Å². The van der Waals surface area contributed by atoms with Gasteiger partial charge in [-0.15, -0.1) is 0 Å². The van der Waals surface area contributed by atoms with Crippen molar-refractivity contribution in [3.63, 3.8) is 0 Å². The van der Waals surface area contributed by atoms with E-state index in [1.54, 1.807) is 12.1 Å². The Hall–Kier alpha value is -2.41. The highest BCUT2D eigenvalue weighted by Gasteiger charge is 2.00. The summed E-state index contributed by atoms with van der Waals surface area (Å²) in [6, 6.07) is 15.0. The van der Waals surface area contributed by atoms with Gasteiger partial charge in [-0.05, 0) is 36.8 Å². The summed E-state index contributed by atoms with van der Waals surface area (Å²) in [5, 5.41) is 8.91. The summed E-state index contributed by atoms with van der Waals surface area (Å²) in [6.07, 6.45) is 0.657. The zero-order valence-electron chi connectivity index (χ0n) is 12.5. The van der Waals surface area contributed by atoms with E-state index in [2.05, 4.69) is 11.8 Å². The second-order valence-electron chi connectivity index (χ2n) is 4.99. The third kappa shape index (κ3) is 4.85. The van der Waals surface area contributed by atoms with Crippen LogP contribution in [0, 0.1) is 11.8 Å². The molecule has 0 aliphatic heterocycles. The molecular weight excluding hydrogens is 276 g/mol. The fourth-order valence-corrected chi connectivity index (χ4v) is 1.76. The molecule has 0 fully saturated rings. The number of hydrogen-bond acceptors (Lipinski definition) is 3. The van der Waals surface area contributed by atoms with E-state index < -0.39 is 0 Å². The van der Waals surface area contributed by atoms with Crippen LogP contribution in [-0.2, 0) is 11.3 Å². The first-order valence-corrected chi connectivity index (χ1v) is 7.10. The third-order valence-corrected chi connectivity index (χ3v) is 3.14. The highest BCUT2D eigenvalue weighted by Crippen LogP contribution is 2.07. The molecule has 3 heteroatoms. The smallest absolute Gasteiger partial charge is 0.150 e. The van der Waals surface area contributed by atoms with E-state index in [1.165, 1.54) is 0 Å². The molecule has 0 saturated carbocycles. The average molecular weight is 294 g/mol. The summed E-state index contributed by atoms with van der Waals surface area (Å²) in [6.45, 7) is 2.32. The van der Waals surface area contributed by atoms with Gasteiger partial charge in [-0.3, -0.25) is 4.79 Å². The molecule has 0 radical (unpaired) electrons. The highest BCUT2D eigenvalue weighted by molar-refractivity contribution is 5.74. The summed E-state index contributed by atoms with van der Waals surface area (Å²) < 4.78 is 5.45. The number of aliphatic hydroxyl groups is 1. The molecular formula is C19H18O3. The lowest BCUT2D eigenvalue weighted by molar-refractivity contribution is 0.0145. The van der Waals surface area contributed by atoms with E-state index in [-0.39, 0.29) is 12.7 Å². The van der Waals surface area contributed by atoms with E-state index in [9.17, 15) is 4.79 Å². The van der Waals surface area contributed by atoms with Gasteiger partial charge in [0.1, 0.15) is 6.29 Å². The Bertz CT molecular complexity index is 661. The number of benzene rings is 2. The Labute approximate surface area is 130 Å². The molecule has 0 saturated heterocycles. The molecule has 0 aliphatic carbocycles. The molecule has 22 heavy (non-hydrogen) atoms. The molecule has 1 N–H and O–H groups in total. The number of aliphatic hydroxyl groups excluding tert-OH is 1.